The van der Waals surface area contributed by atoms with Crippen LogP contribution in [-0.2, 0) is 10.5 Å². The van der Waals surface area contributed by atoms with Crippen molar-refractivity contribution in [3.63, 3.8) is 0 Å². The summed E-state index contributed by atoms with van der Waals surface area (Å²) in [6, 6.07) is 19.7. The molecule has 1 spiro atoms. The first-order chi connectivity index (χ1) is 13.2. The van der Waals surface area contributed by atoms with Crippen molar-refractivity contribution in [3.8, 4) is 11.4 Å². The summed E-state index contributed by atoms with van der Waals surface area (Å²) < 4.78 is 16.0. The van der Waals surface area contributed by atoms with Crippen molar-refractivity contribution in [2.45, 2.75) is 5.66 Å². The van der Waals surface area contributed by atoms with E-state index in [1.54, 1.807) is 6.07 Å². The normalized spacial score (nSPS) is 19.4. The third-order valence-electron chi connectivity index (χ3n) is 5.33. The number of fused-ring (bicyclic) bond motifs is 8. The third kappa shape index (κ3) is 1.67. The Labute approximate surface area is 153 Å². The predicted molar refractivity (Wildman–Crippen MR) is 101 cm³/mol. The van der Waals surface area contributed by atoms with E-state index in [-0.39, 0.29) is 5.91 Å². The summed E-state index contributed by atoms with van der Waals surface area (Å²) in [6.45, 7) is 0. The zero-order valence-corrected chi connectivity index (χ0v) is 14.0. The molecule has 0 aliphatic carbocycles. The van der Waals surface area contributed by atoms with Crippen LogP contribution in [0.5, 0.6) is 0 Å². The molecule has 2 N–H and O–H groups in total. The summed E-state index contributed by atoms with van der Waals surface area (Å²) in [6.07, 6.45) is 0. The molecule has 2 aliphatic rings. The fourth-order valence-electron chi connectivity index (χ4n) is 4.19. The lowest BCUT2D eigenvalue weighted by Crippen LogP contribution is -2.50. The summed E-state index contributed by atoms with van der Waals surface area (Å²) in [5.41, 5.74) is 3.12. The highest BCUT2D eigenvalue weighted by Crippen LogP contribution is 2.48. The first-order valence-corrected chi connectivity index (χ1v) is 8.65. The molecule has 3 aromatic carbocycles. The first kappa shape index (κ1) is 14.5. The minimum Gasteiger partial charge on any atom is -0.350 e. The van der Waals surface area contributed by atoms with Gasteiger partial charge in [-0.2, -0.15) is 0 Å². The van der Waals surface area contributed by atoms with E-state index < -0.39 is 11.5 Å². The zero-order valence-electron chi connectivity index (χ0n) is 14.0. The number of hydrogen-bond acceptors (Lipinski definition) is 3. The van der Waals surface area contributed by atoms with Crippen molar-refractivity contribution in [3.05, 3.63) is 78.1 Å². The molecule has 1 atom stereocenters. The lowest BCUT2D eigenvalue weighted by atomic mass is 9.95. The molecule has 0 fully saturated rings. The molecule has 0 unspecified atom stereocenters. The summed E-state index contributed by atoms with van der Waals surface area (Å²) in [4.78, 5) is 18.1. The van der Waals surface area contributed by atoms with E-state index in [1.165, 1.54) is 12.1 Å². The fraction of sp³-hybridized carbons (Fsp3) is 0.0476. The van der Waals surface area contributed by atoms with Crippen LogP contribution in [0.4, 0.5) is 15.8 Å². The van der Waals surface area contributed by atoms with E-state index >= 15 is 0 Å². The topological polar surface area (TPSA) is 59.0 Å². The molecule has 0 radical (unpaired) electrons. The number of halogens is 1. The summed E-state index contributed by atoms with van der Waals surface area (Å²) in [5.74, 6) is 0.0241. The van der Waals surface area contributed by atoms with Crippen LogP contribution in [0.1, 0.15) is 5.56 Å². The molecule has 4 aromatic rings. The van der Waals surface area contributed by atoms with Gasteiger partial charge in [0.25, 0.3) is 5.91 Å². The molecule has 0 bridgehead atoms. The molecule has 1 aromatic heterocycles. The molecule has 2 aliphatic heterocycles. The molecule has 0 saturated heterocycles. The van der Waals surface area contributed by atoms with E-state index in [9.17, 15) is 9.18 Å². The lowest BCUT2D eigenvalue weighted by Gasteiger charge is -2.37. The Morgan fingerprint density at radius 2 is 1.78 bits per heavy atom. The summed E-state index contributed by atoms with van der Waals surface area (Å²) in [5, 5.41) is 6.28. The molecular formula is C21H13FN4O. The minimum atomic E-state index is -1.29. The van der Waals surface area contributed by atoms with Gasteiger partial charge in [-0.25, -0.2) is 9.37 Å². The number of para-hydroxylation sites is 3. The van der Waals surface area contributed by atoms with E-state index in [4.69, 9.17) is 4.98 Å². The highest BCUT2D eigenvalue weighted by molar-refractivity contribution is 6.10. The standard InChI is InChI=1S/C21H13FN4O/c22-12-9-10-16-14(11-12)21(20(27)24-16)25-15-6-2-1-5-13(15)19-23-17-7-3-4-8-18(17)26(19)21/h1-11,25H,(H,24,27)/t21-/m1/s1. The average Bonchev–Trinajstić information content (AvgIpc) is 3.20. The predicted octanol–water partition coefficient (Wildman–Crippen LogP) is 3.92. The summed E-state index contributed by atoms with van der Waals surface area (Å²) in [7, 11) is 0. The van der Waals surface area contributed by atoms with Gasteiger partial charge in [0, 0.05) is 22.5 Å². The van der Waals surface area contributed by atoms with Gasteiger partial charge in [0.2, 0.25) is 5.66 Å². The second-order valence-electron chi connectivity index (χ2n) is 6.78. The van der Waals surface area contributed by atoms with Gasteiger partial charge < -0.3 is 10.6 Å². The molecule has 5 nitrogen and oxygen atoms in total. The molecular weight excluding hydrogens is 343 g/mol. The number of benzene rings is 3. The van der Waals surface area contributed by atoms with E-state index in [0.29, 0.717) is 17.1 Å². The van der Waals surface area contributed by atoms with E-state index in [2.05, 4.69) is 10.6 Å². The Kier molecular flexibility index (Phi) is 2.54. The maximum absolute atomic E-state index is 14.1. The number of carbonyl (C=O) groups is 1. The van der Waals surface area contributed by atoms with Crippen LogP contribution in [0.25, 0.3) is 22.4 Å². The second-order valence-corrected chi connectivity index (χ2v) is 6.78. The van der Waals surface area contributed by atoms with Crippen molar-refractivity contribution in [2.75, 3.05) is 10.6 Å². The van der Waals surface area contributed by atoms with Gasteiger partial charge in [0.05, 0.1) is 11.0 Å². The molecule has 0 saturated carbocycles. The Bertz CT molecular complexity index is 1280. The SMILES string of the molecule is O=C1Nc2ccc(F)cc2[C@]12Nc1ccccc1-c1nc3ccccc3n12. The van der Waals surface area contributed by atoms with Crippen LogP contribution < -0.4 is 10.6 Å². The zero-order chi connectivity index (χ0) is 18.2. The molecule has 1 amide bonds. The van der Waals surface area contributed by atoms with Gasteiger partial charge in [0.1, 0.15) is 11.6 Å². The quantitative estimate of drug-likeness (QED) is 0.502. The number of nitrogens with one attached hydrogen (secondary N) is 2. The van der Waals surface area contributed by atoms with Crippen LogP contribution >= 0.6 is 0 Å². The monoisotopic (exact) mass is 356 g/mol. The van der Waals surface area contributed by atoms with Crippen molar-refractivity contribution in [2.24, 2.45) is 0 Å². The molecule has 27 heavy (non-hydrogen) atoms. The molecule has 130 valence electrons. The maximum atomic E-state index is 14.1. The fourth-order valence-corrected chi connectivity index (χ4v) is 4.19. The van der Waals surface area contributed by atoms with Gasteiger partial charge in [0.15, 0.2) is 0 Å². The number of hydrogen-bond donors (Lipinski definition) is 2. The number of imidazole rings is 1. The van der Waals surface area contributed by atoms with E-state index in [0.717, 1.165) is 22.3 Å². The van der Waals surface area contributed by atoms with Crippen molar-refractivity contribution in [1.29, 1.82) is 0 Å². The van der Waals surface area contributed by atoms with Crippen LogP contribution in [0.2, 0.25) is 0 Å². The summed E-state index contributed by atoms with van der Waals surface area (Å²) >= 11 is 0. The Balaban J connectivity index is 1.80. The number of amides is 1. The third-order valence-corrected chi connectivity index (χ3v) is 5.33. The number of aromatic nitrogens is 2. The minimum absolute atomic E-state index is 0.262. The highest BCUT2D eigenvalue weighted by Gasteiger charge is 2.53. The van der Waals surface area contributed by atoms with Crippen LogP contribution in [0, 0.1) is 5.82 Å². The largest absolute Gasteiger partial charge is 0.350 e. The van der Waals surface area contributed by atoms with Crippen molar-refractivity contribution in [1.82, 2.24) is 9.55 Å². The second kappa shape index (κ2) is 4.73. The Morgan fingerprint density at radius 1 is 0.963 bits per heavy atom. The number of nitrogens with zero attached hydrogens (tertiary/aromatic N) is 2. The van der Waals surface area contributed by atoms with Crippen LogP contribution in [0.15, 0.2) is 66.7 Å². The van der Waals surface area contributed by atoms with Crippen LogP contribution in [-0.4, -0.2) is 15.5 Å². The smallest absolute Gasteiger partial charge is 0.276 e. The van der Waals surface area contributed by atoms with Crippen molar-refractivity contribution >= 4 is 28.3 Å². The van der Waals surface area contributed by atoms with Gasteiger partial charge in [-0.05, 0) is 42.5 Å². The maximum Gasteiger partial charge on any atom is 0.276 e. The number of anilines is 2. The van der Waals surface area contributed by atoms with Crippen molar-refractivity contribution < 1.29 is 9.18 Å². The lowest BCUT2D eigenvalue weighted by molar-refractivity contribution is -0.120. The number of rotatable bonds is 0. The van der Waals surface area contributed by atoms with Crippen LogP contribution in [0.3, 0.4) is 0 Å². The van der Waals surface area contributed by atoms with E-state index in [1.807, 2.05) is 53.1 Å². The van der Waals surface area contributed by atoms with Gasteiger partial charge in [-0.3, -0.25) is 9.36 Å². The van der Waals surface area contributed by atoms with Gasteiger partial charge in [-0.1, -0.05) is 24.3 Å². The molecule has 6 rings (SSSR count). The van der Waals surface area contributed by atoms with Gasteiger partial charge >= 0.3 is 0 Å². The first-order valence-electron chi connectivity index (χ1n) is 8.65. The molecule has 6 heteroatoms. The Morgan fingerprint density at radius 3 is 2.70 bits per heavy atom. The Hall–Kier alpha value is -3.67. The number of carbonyl (C=O) groups excluding carboxylic acids is 1. The average molecular weight is 356 g/mol. The van der Waals surface area contributed by atoms with Gasteiger partial charge in [-0.15, -0.1) is 0 Å². The molecule has 3 heterocycles. The highest BCUT2D eigenvalue weighted by atomic mass is 19.1.